The average molecular weight is 447 g/mol. The molecular weight excluding hydrogens is 424 g/mol. The van der Waals surface area contributed by atoms with Gasteiger partial charge in [0.1, 0.15) is 17.2 Å². The van der Waals surface area contributed by atoms with Gasteiger partial charge in [0, 0.05) is 11.6 Å². The molecule has 4 rings (SSSR count). The van der Waals surface area contributed by atoms with Crippen LogP contribution >= 0.6 is 11.3 Å². The van der Waals surface area contributed by atoms with Gasteiger partial charge in [0.25, 0.3) is 5.91 Å². The maximum Gasteiger partial charge on any atom is 0.257 e. The summed E-state index contributed by atoms with van der Waals surface area (Å²) >= 11 is 1.44. The summed E-state index contributed by atoms with van der Waals surface area (Å²) in [6.45, 7) is 0. The summed E-state index contributed by atoms with van der Waals surface area (Å²) in [5, 5.41) is 0.558. The van der Waals surface area contributed by atoms with E-state index in [2.05, 4.69) is 0 Å². The normalized spacial score (nSPS) is 11.0. The van der Waals surface area contributed by atoms with Crippen molar-refractivity contribution in [2.75, 3.05) is 26.2 Å². The Labute approximate surface area is 190 Å². The van der Waals surface area contributed by atoms with E-state index in [1.54, 1.807) is 44.4 Å². The highest BCUT2D eigenvalue weighted by atomic mass is 32.1. The number of anilines is 2. The Hall–Kier alpha value is -3.84. The lowest BCUT2D eigenvalue weighted by atomic mass is 10.1. The van der Waals surface area contributed by atoms with E-state index in [0.717, 1.165) is 15.8 Å². The molecule has 7 heteroatoms. The highest BCUT2D eigenvalue weighted by molar-refractivity contribution is 7.22. The molecule has 0 unspecified atom stereocenters. The fourth-order valence-corrected chi connectivity index (χ4v) is 4.28. The molecule has 0 bridgehead atoms. The molecule has 0 aliphatic rings. The van der Waals surface area contributed by atoms with Crippen LogP contribution < -0.4 is 19.1 Å². The number of benzene rings is 3. The standard InChI is InChI=1S/C25H22N2O4S/c1-29-18-13-14-21(30-2)17(16-18)12-15-24(28)27(20-9-5-6-10-22(20)31-3)25-26-19-8-4-7-11-23(19)32-25/h4-16H,1-3H3. The van der Waals surface area contributed by atoms with E-state index in [-0.39, 0.29) is 5.91 Å². The molecule has 1 aromatic heterocycles. The molecule has 0 aliphatic heterocycles. The van der Waals surface area contributed by atoms with E-state index in [9.17, 15) is 4.79 Å². The maximum absolute atomic E-state index is 13.5. The molecule has 0 fully saturated rings. The number of carbonyl (C=O) groups is 1. The van der Waals surface area contributed by atoms with Crippen molar-refractivity contribution in [1.82, 2.24) is 4.98 Å². The topological polar surface area (TPSA) is 60.9 Å². The molecule has 1 heterocycles. The van der Waals surface area contributed by atoms with Gasteiger partial charge in [-0.15, -0.1) is 0 Å². The molecule has 0 atom stereocenters. The lowest BCUT2D eigenvalue weighted by Gasteiger charge is -2.20. The number of nitrogens with zero attached hydrogens (tertiary/aromatic N) is 2. The van der Waals surface area contributed by atoms with Crippen molar-refractivity contribution in [3.63, 3.8) is 0 Å². The molecule has 3 aromatic carbocycles. The van der Waals surface area contributed by atoms with Crippen LogP contribution in [0.5, 0.6) is 17.2 Å². The number of thiazole rings is 1. The molecule has 0 saturated heterocycles. The molecular formula is C25H22N2O4S. The Kier molecular flexibility index (Phi) is 6.37. The third-order valence-electron chi connectivity index (χ3n) is 4.86. The van der Waals surface area contributed by atoms with Crippen LogP contribution in [0.3, 0.4) is 0 Å². The average Bonchev–Trinajstić information content (AvgIpc) is 3.26. The zero-order valence-corrected chi connectivity index (χ0v) is 18.8. The van der Waals surface area contributed by atoms with Gasteiger partial charge >= 0.3 is 0 Å². The van der Waals surface area contributed by atoms with Crippen molar-refractivity contribution in [2.45, 2.75) is 0 Å². The Morgan fingerprint density at radius 2 is 1.66 bits per heavy atom. The quantitative estimate of drug-likeness (QED) is 0.341. The molecule has 1 amide bonds. The summed E-state index contributed by atoms with van der Waals surface area (Å²) < 4.78 is 17.2. The first-order chi connectivity index (χ1) is 15.6. The summed E-state index contributed by atoms with van der Waals surface area (Å²) in [6.07, 6.45) is 3.20. The molecule has 0 N–H and O–H groups in total. The second kappa shape index (κ2) is 9.53. The number of fused-ring (bicyclic) bond motifs is 1. The molecule has 0 spiro atoms. The van der Waals surface area contributed by atoms with Crippen LogP contribution in [0, 0.1) is 0 Å². The molecule has 6 nitrogen and oxygen atoms in total. The van der Waals surface area contributed by atoms with Crippen molar-refractivity contribution in [3.05, 3.63) is 78.4 Å². The zero-order valence-electron chi connectivity index (χ0n) is 17.9. The van der Waals surface area contributed by atoms with Crippen LogP contribution in [0.4, 0.5) is 10.8 Å². The SMILES string of the molecule is COc1ccc(OC)c(C=CC(=O)N(c2nc3ccccc3s2)c2ccccc2OC)c1. The smallest absolute Gasteiger partial charge is 0.257 e. The van der Waals surface area contributed by atoms with E-state index in [1.807, 2.05) is 54.6 Å². The van der Waals surface area contributed by atoms with Gasteiger partial charge in [0.2, 0.25) is 0 Å². The summed E-state index contributed by atoms with van der Waals surface area (Å²) in [5.41, 5.74) is 2.17. The molecule has 32 heavy (non-hydrogen) atoms. The van der Waals surface area contributed by atoms with E-state index < -0.39 is 0 Å². The Morgan fingerprint density at radius 1 is 0.906 bits per heavy atom. The van der Waals surface area contributed by atoms with Gasteiger partial charge in [-0.2, -0.15) is 0 Å². The highest BCUT2D eigenvalue weighted by Gasteiger charge is 2.23. The van der Waals surface area contributed by atoms with Crippen LogP contribution in [-0.2, 0) is 4.79 Å². The van der Waals surface area contributed by atoms with E-state index in [0.29, 0.717) is 28.1 Å². The molecule has 162 valence electrons. The number of ether oxygens (including phenoxy) is 3. The maximum atomic E-state index is 13.5. The second-order valence-electron chi connectivity index (χ2n) is 6.75. The number of hydrogen-bond acceptors (Lipinski definition) is 6. The largest absolute Gasteiger partial charge is 0.497 e. The third-order valence-corrected chi connectivity index (χ3v) is 5.88. The van der Waals surface area contributed by atoms with Crippen LogP contribution in [0.2, 0.25) is 0 Å². The van der Waals surface area contributed by atoms with Gasteiger partial charge in [-0.3, -0.25) is 4.79 Å². The Balaban J connectivity index is 1.78. The summed E-state index contributed by atoms with van der Waals surface area (Å²) in [7, 11) is 4.76. The molecule has 0 saturated carbocycles. The first kappa shape index (κ1) is 21.4. The van der Waals surface area contributed by atoms with E-state index in [4.69, 9.17) is 19.2 Å². The van der Waals surface area contributed by atoms with Crippen molar-refractivity contribution in [3.8, 4) is 17.2 Å². The second-order valence-corrected chi connectivity index (χ2v) is 7.76. The van der Waals surface area contributed by atoms with Gasteiger partial charge in [-0.25, -0.2) is 9.88 Å². The van der Waals surface area contributed by atoms with Gasteiger partial charge < -0.3 is 14.2 Å². The molecule has 0 radical (unpaired) electrons. The number of aromatic nitrogens is 1. The Morgan fingerprint density at radius 3 is 2.41 bits per heavy atom. The lowest BCUT2D eigenvalue weighted by Crippen LogP contribution is -2.24. The van der Waals surface area contributed by atoms with Gasteiger partial charge in [0.15, 0.2) is 5.13 Å². The van der Waals surface area contributed by atoms with Crippen LogP contribution in [0.1, 0.15) is 5.56 Å². The van der Waals surface area contributed by atoms with Crippen molar-refractivity contribution in [1.29, 1.82) is 0 Å². The predicted molar refractivity (Wildman–Crippen MR) is 128 cm³/mol. The van der Waals surface area contributed by atoms with Crippen molar-refractivity contribution >= 4 is 44.4 Å². The van der Waals surface area contributed by atoms with Crippen LogP contribution in [0.15, 0.2) is 72.8 Å². The van der Waals surface area contributed by atoms with Crippen LogP contribution in [0.25, 0.3) is 16.3 Å². The van der Waals surface area contributed by atoms with Gasteiger partial charge in [0.05, 0.1) is 37.2 Å². The first-order valence-corrected chi connectivity index (χ1v) is 10.7. The number of amides is 1. The van der Waals surface area contributed by atoms with E-state index in [1.165, 1.54) is 17.4 Å². The fraction of sp³-hybridized carbons (Fsp3) is 0.120. The number of rotatable bonds is 7. The van der Waals surface area contributed by atoms with Crippen molar-refractivity contribution in [2.24, 2.45) is 0 Å². The Bertz CT molecular complexity index is 1250. The summed E-state index contributed by atoms with van der Waals surface area (Å²) in [6, 6.07) is 20.6. The zero-order chi connectivity index (χ0) is 22.5. The van der Waals surface area contributed by atoms with Crippen LogP contribution in [-0.4, -0.2) is 32.2 Å². The minimum atomic E-state index is -0.265. The monoisotopic (exact) mass is 446 g/mol. The number of hydrogen-bond donors (Lipinski definition) is 0. The van der Waals surface area contributed by atoms with Crippen molar-refractivity contribution < 1.29 is 19.0 Å². The third kappa shape index (κ3) is 4.29. The number of para-hydroxylation sites is 3. The fourth-order valence-electron chi connectivity index (χ4n) is 3.29. The highest BCUT2D eigenvalue weighted by Crippen LogP contribution is 2.38. The minimum absolute atomic E-state index is 0.265. The summed E-state index contributed by atoms with van der Waals surface area (Å²) in [4.78, 5) is 19.7. The van der Waals surface area contributed by atoms with Gasteiger partial charge in [-0.1, -0.05) is 35.6 Å². The van der Waals surface area contributed by atoms with E-state index >= 15 is 0 Å². The minimum Gasteiger partial charge on any atom is -0.497 e. The number of methoxy groups -OCH3 is 3. The predicted octanol–water partition coefficient (Wildman–Crippen LogP) is 5.70. The molecule has 0 aliphatic carbocycles. The molecule has 4 aromatic rings. The summed E-state index contributed by atoms with van der Waals surface area (Å²) in [5.74, 6) is 1.62. The van der Waals surface area contributed by atoms with Gasteiger partial charge in [-0.05, 0) is 48.5 Å². The number of carbonyl (C=O) groups excluding carboxylic acids is 1. The first-order valence-electron chi connectivity index (χ1n) is 9.87. The lowest BCUT2D eigenvalue weighted by molar-refractivity contribution is -0.113.